The van der Waals surface area contributed by atoms with Crippen LogP contribution in [0, 0.1) is 0 Å². The van der Waals surface area contributed by atoms with Gasteiger partial charge in [0, 0.05) is 11.6 Å². The largest absolute Gasteiger partial charge is 0.489 e. The van der Waals surface area contributed by atoms with E-state index in [9.17, 15) is 4.79 Å². The molecule has 0 radical (unpaired) electrons. The molecule has 0 bridgehead atoms. The summed E-state index contributed by atoms with van der Waals surface area (Å²) in [4.78, 5) is 13.5. The molecule has 4 nitrogen and oxygen atoms in total. The average molecular weight is 527 g/mol. The number of rotatable bonds is 13. The van der Waals surface area contributed by atoms with Crippen LogP contribution in [0.25, 0.3) is 22.3 Å². The fourth-order valence-corrected chi connectivity index (χ4v) is 4.09. The van der Waals surface area contributed by atoms with Gasteiger partial charge in [-0.2, -0.15) is 0 Å². The fourth-order valence-electron chi connectivity index (χ4n) is 4.09. The molecule has 0 aliphatic rings. The molecule has 0 aliphatic heterocycles. The minimum atomic E-state index is -0.188. The summed E-state index contributed by atoms with van der Waals surface area (Å²) in [5, 5.41) is 0.467. The van der Waals surface area contributed by atoms with Gasteiger partial charge >= 0.3 is 0 Å². The Kier molecular flexibility index (Phi) is 11.4. The van der Waals surface area contributed by atoms with Gasteiger partial charge in [-0.05, 0) is 91.5 Å². The highest BCUT2D eigenvalue weighted by Crippen LogP contribution is 2.32. The third-order valence-electron chi connectivity index (χ3n) is 6.38. The van der Waals surface area contributed by atoms with E-state index in [1.54, 1.807) is 12.1 Å². The van der Waals surface area contributed by atoms with Gasteiger partial charge in [0.05, 0.1) is 5.39 Å². The van der Waals surface area contributed by atoms with Crippen molar-refractivity contribution in [2.75, 3.05) is 13.2 Å². The highest BCUT2D eigenvalue weighted by molar-refractivity contribution is 5.83. The van der Waals surface area contributed by atoms with Crippen LogP contribution in [0.5, 0.6) is 11.5 Å². The van der Waals surface area contributed by atoms with Gasteiger partial charge in [0.2, 0.25) is 11.2 Å². The lowest BCUT2D eigenvalue weighted by atomic mass is 10.1. The second kappa shape index (κ2) is 15.0. The molecule has 0 atom stereocenters. The molecule has 0 amide bonds. The Bertz CT molecular complexity index is 1410. The Morgan fingerprint density at radius 3 is 1.92 bits per heavy atom. The van der Waals surface area contributed by atoms with Gasteiger partial charge in [0.15, 0.2) is 5.76 Å². The van der Waals surface area contributed by atoms with Gasteiger partial charge in [-0.1, -0.05) is 64.8 Å². The van der Waals surface area contributed by atoms with Crippen molar-refractivity contribution in [3.63, 3.8) is 0 Å². The molecule has 1 heterocycles. The van der Waals surface area contributed by atoms with Crippen molar-refractivity contribution < 1.29 is 13.9 Å². The smallest absolute Gasteiger partial charge is 0.235 e. The third-order valence-corrected chi connectivity index (χ3v) is 6.38. The molecule has 1 aromatic heterocycles. The maximum Gasteiger partial charge on any atom is 0.235 e. The predicted molar refractivity (Wildman–Crippen MR) is 164 cm³/mol. The van der Waals surface area contributed by atoms with Crippen molar-refractivity contribution in [1.82, 2.24) is 0 Å². The zero-order chi connectivity index (χ0) is 28.2. The molecule has 0 saturated heterocycles. The normalized spacial score (nSPS) is 11.8. The second-order valence-corrected chi connectivity index (χ2v) is 10.5. The lowest BCUT2D eigenvalue weighted by molar-refractivity contribution is 0.349. The van der Waals surface area contributed by atoms with E-state index < -0.39 is 0 Å². The van der Waals surface area contributed by atoms with Crippen LogP contribution >= 0.6 is 0 Å². The van der Waals surface area contributed by atoms with Crippen LogP contribution in [-0.4, -0.2) is 13.2 Å². The van der Waals surface area contributed by atoms with E-state index in [4.69, 9.17) is 13.9 Å². The Hall–Kier alpha value is -3.79. The van der Waals surface area contributed by atoms with E-state index in [1.807, 2.05) is 42.5 Å². The number of hydrogen-bond donors (Lipinski definition) is 0. The van der Waals surface area contributed by atoms with E-state index in [1.165, 1.54) is 22.3 Å². The number of hydrogen-bond acceptors (Lipinski definition) is 4. The topological polar surface area (TPSA) is 48.7 Å². The first-order valence-corrected chi connectivity index (χ1v) is 13.7. The summed E-state index contributed by atoms with van der Waals surface area (Å²) in [6.07, 6.45) is 12.6. The van der Waals surface area contributed by atoms with Crippen LogP contribution in [0.3, 0.4) is 0 Å². The Balaban J connectivity index is 1.82. The minimum Gasteiger partial charge on any atom is -0.489 e. The van der Waals surface area contributed by atoms with Crippen LogP contribution in [0.1, 0.15) is 67.2 Å². The quantitative estimate of drug-likeness (QED) is 0.208. The third kappa shape index (κ3) is 9.47. The number of ether oxygens (including phenoxy) is 2. The highest BCUT2D eigenvalue weighted by atomic mass is 16.5. The first-order valence-electron chi connectivity index (χ1n) is 13.7. The van der Waals surface area contributed by atoms with Crippen molar-refractivity contribution in [3.05, 3.63) is 105 Å². The fraction of sp³-hybridized carbons (Fsp3) is 0.343. The maximum absolute atomic E-state index is 13.5. The van der Waals surface area contributed by atoms with Gasteiger partial charge < -0.3 is 13.9 Å². The van der Waals surface area contributed by atoms with Crippen molar-refractivity contribution in [2.24, 2.45) is 0 Å². The molecule has 0 N–H and O–H groups in total. The second-order valence-electron chi connectivity index (χ2n) is 10.5. The Labute approximate surface area is 233 Å². The van der Waals surface area contributed by atoms with E-state index in [2.05, 4.69) is 59.8 Å². The van der Waals surface area contributed by atoms with Crippen LogP contribution in [0.15, 0.2) is 104 Å². The van der Waals surface area contributed by atoms with E-state index in [0.717, 1.165) is 31.2 Å². The highest BCUT2D eigenvalue weighted by Gasteiger charge is 2.18. The monoisotopic (exact) mass is 526 g/mol. The lowest BCUT2D eigenvalue weighted by Gasteiger charge is -2.12. The molecule has 4 heteroatoms. The summed E-state index contributed by atoms with van der Waals surface area (Å²) in [5.41, 5.74) is 6.24. The lowest BCUT2D eigenvalue weighted by Crippen LogP contribution is -2.10. The van der Waals surface area contributed by atoms with Crippen molar-refractivity contribution in [2.45, 2.75) is 67.2 Å². The van der Waals surface area contributed by atoms with Gasteiger partial charge in [0.1, 0.15) is 24.5 Å². The number of fused-ring (bicyclic) bond motifs is 1. The summed E-state index contributed by atoms with van der Waals surface area (Å²) >= 11 is 0. The van der Waals surface area contributed by atoms with E-state index >= 15 is 0 Å². The Morgan fingerprint density at radius 2 is 1.33 bits per heavy atom. The summed E-state index contributed by atoms with van der Waals surface area (Å²) in [5.74, 6) is 1.31. The minimum absolute atomic E-state index is 0.188. The molecule has 0 aliphatic carbocycles. The van der Waals surface area contributed by atoms with Gasteiger partial charge in [0.25, 0.3) is 0 Å². The van der Waals surface area contributed by atoms with Crippen LogP contribution in [0.4, 0.5) is 0 Å². The summed E-state index contributed by atoms with van der Waals surface area (Å²) in [6, 6.07) is 15.0. The molecular formula is C35H42O4. The standard InChI is InChI=1S/C35H42O4/c1-25(2)12-10-14-27(5)20-22-37-30-18-19-31-32(24-30)39-34(29-16-8-7-9-17-29)35(33(31)36)38-23-21-28(6)15-11-13-26(3)4/h7-9,12-13,16-21,24H,10-11,14-15,22-23H2,1-6H3/b27-20+,28-21+. The SMILES string of the molecule is CC(C)=CCC/C(C)=C/COc1ccc2c(=O)c(OC/C=C(\C)CCC=C(C)C)c(-c3ccccc3)oc2c1. The van der Waals surface area contributed by atoms with Crippen LogP contribution in [0.2, 0.25) is 0 Å². The number of allylic oxidation sites excluding steroid dienone is 6. The molecule has 2 aromatic carbocycles. The molecular weight excluding hydrogens is 484 g/mol. The predicted octanol–water partition coefficient (Wildman–Crippen LogP) is 9.60. The number of benzene rings is 2. The van der Waals surface area contributed by atoms with Crippen molar-refractivity contribution in [3.8, 4) is 22.8 Å². The zero-order valence-electron chi connectivity index (χ0n) is 24.3. The van der Waals surface area contributed by atoms with Crippen LogP contribution in [-0.2, 0) is 0 Å². The first kappa shape index (κ1) is 29.8. The molecule has 206 valence electrons. The molecule has 0 spiro atoms. The van der Waals surface area contributed by atoms with Gasteiger partial charge in [-0.15, -0.1) is 0 Å². The van der Waals surface area contributed by atoms with Gasteiger partial charge in [-0.25, -0.2) is 0 Å². The van der Waals surface area contributed by atoms with Gasteiger partial charge in [-0.3, -0.25) is 4.79 Å². The molecule has 0 unspecified atom stereocenters. The van der Waals surface area contributed by atoms with Crippen molar-refractivity contribution in [1.29, 1.82) is 0 Å². The molecule has 0 saturated carbocycles. The molecule has 39 heavy (non-hydrogen) atoms. The molecule has 3 rings (SSSR count). The van der Waals surface area contributed by atoms with Crippen molar-refractivity contribution >= 4 is 11.0 Å². The summed E-state index contributed by atoms with van der Waals surface area (Å²) < 4.78 is 18.3. The molecule has 3 aromatic rings. The Morgan fingerprint density at radius 1 is 0.744 bits per heavy atom. The van der Waals surface area contributed by atoms with Crippen LogP contribution < -0.4 is 14.9 Å². The van der Waals surface area contributed by atoms with E-state index in [-0.39, 0.29) is 11.2 Å². The molecule has 0 fully saturated rings. The maximum atomic E-state index is 13.5. The summed E-state index contributed by atoms with van der Waals surface area (Å²) in [7, 11) is 0. The van der Waals surface area contributed by atoms with E-state index in [0.29, 0.717) is 35.7 Å². The zero-order valence-corrected chi connectivity index (χ0v) is 24.3. The first-order chi connectivity index (χ1) is 18.7. The average Bonchev–Trinajstić information content (AvgIpc) is 2.90. The summed E-state index contributed by atoms with van der Waals surface area (Å²) in [6.45, 7) is 13.4.